The molecule has 8 nitrogen and oxygen atoms in total. The van der Waals surface area contributed by atoms with Crippen LogP contribution in [0, 0.1) is 0 Å². The van der Waals surface area contributed by atoms with Crippen LogP contribution < -0.4 is 16.2 Å². The van der Waals surface area contributed by atoms with Gasteiger partial charge in [-0.1, -0.05) is 18.2 Å². The number of imidazole rings is 1. The highest BCUT2D eigenvalue weighted by Crippen LogP contribution is 2.28. The van der Waals surface area contributed by atoms with E-state index in [0.29, 0.717) is 22.6 Å². The fourth-order valence-electron chi connectivity index (χ4n) is 4.05. The fraction of sp³-hybridized carbons (Fsp3) is 0.227. The number of benzene rings is 2. The van der Waals surface area contributed by atoms with E-state index in [9.17, 15) is 4.79 Å². The molecule has 0 bridgehead atoms. The zero-order valence-corrected chi connectivity index (χ0v) is 16.6. The van der Waals surface area contributed by atoms with Gasteiger partial charge < -0.3 is 15.4 Å². The molecular formula is C22H22N6O2. The minimum absolute atomic E-state index is 0.0567. The second-order valence-electron chi connectivity index (χ2n) is 7.53. The van der Waals surface area contributed by atoms with Crippen LogP contribution in [-0.2, 0) is 0 Å². The summed E-state index contributed by atoms with van der Waals surface area (Å²) in [5.74, 6) is 1.72. The molecule has 1 atom stereocenters. The van der Waals surface area contributed by atoms with Crippen LogP contribution in [0.4, 0.5) is 5.82 Å². The van der Waals surface area contributed by atoms with Crippen molar-refractivity contribution >= 4 is 17.0 Å². The smallest absolute Gasteiger partial charge is 0.335 e. The number of likely N-dealkylation sites (tertiary alicyclic amines) is 1. The molecule has 1 aliphatic heterocycles. The summed E-state index contributed by atoms with van der Waals surface area (Å²) in [6.07, 6.45) is 2.30. The Morgan fingerprint density at radius 2 is 1.77 bits per heavy atom. The summed E-state index contributed by atoms with van der Waals surface area (Å²) in [5.41, 5.74) is 7.81. The highest BCUT2D eigenvalue weighted by Gasteiger charge is 2.28. The Hall–Kier alpha value is -3.65. The normalized spacial score (nSPS) is 16.9. The minimum Gasteiger partial charge on any atom is -0.457 e. The number of fused-ring (bicyclic) bond motifs is 1. The topological polar surface area (TPSA) is 91.2 Å². The van der Waals surface area contributed by atoms with E-state index in [1.165, 1.54) is 6.33 Å². The fourth-order valence-corrected chi connectivity index (χ4v) is 4.05. The van der Waals surface area contributed by atoms with Gasteiger partial charge in [-0.3, -0.25) is 9.13 Å². The highest BCUT2D eigenvalue weighted by molar-refractivity contribution is 5.84. The van der Waals surface area contributed by atoms with Crippen molar-refractivity contribution in [3.63, 3.8) is 0 Å². The molecule has 8 heteroatoms. The Morgan fingerprint density at radius 1 is 1.03 bits per heavy atom. The Balaban J connectivity index is 1.59. The van der Waals surface area contributed by atoms with Gasteiger partial charge >= 0.3 is 5.69 Å². The molecule has 2 N–H and O–H groups in total. The lowest BCUT2D eigenvalue weighted by molar-refractivity contribution is 0.391. The third-order valence-electron chi connectivity index (χ3n) is 5.49. The number of nitrogens with zero attached hydrogens (tertiary/aromatic N) is 5. The molecule has 5 rings (SSSR count). The van der Waals surface area contributed by atoms with E-state index < -0.39 is 0 Å². The quantitative estimate of drug-likeness (QED) is 0.564. The summed E-state index contributed by atoms with van der Waals surface area (Å²) in [4.78, 5) is 24.2. The molecule has 152 valence electrons. The van der Waals surface area contributed by atoms with E-state index in [4.69, 9.17) is 10.5 Å². The van der Waals surface area contributed by atoms with Gasteiger partial charge in [-0.2, -0.15) is 0 Å². The van der Waals surface area contributed by atoms with Crippen molar-refractivity contribution in [2.24, 2.45) is 0 Å². The molecule has 1 saturated heterocycles. The van der Waals surface area contributed by atoms with Crippen LogP contribution in [0.25, 0.3) is 16.9 Å². The van der Waals surface area contributed by atoms with E-state index in [0.717, 1.165) is 25.3 Å². The van der Waals surface area contributed by atoms with Crippen molar-refractivity contribution < 1.29 is 4.74 Å². The number of nitrogen functional groups attached to an aromatic ring is 1. The SMILES string of the molecule is CN1CC[C@@H](n2c(=O)n(-c3ccc(Oc4ccccc4)cc3)c3c(N)ncnc32)C1. The number of para-hydroxylation sites is 1. The summed E-state index contributed by atoms with van der Waals surface area (Å²) in [6.45, 7) is 1.74. The molecule has 1 fully saturated rings. The molecule has 0 spiro atoms. The number of nitrogens with two attached hydrogens (primary N) is 1. The number of hydrogen-bond donors (Lipinski definition) is 1. The number of hydrogen-bond acceptors (Lipinski definition) is 6. The van der Waals surface area contributed by atoms with E-state index in [1.54, 1.807) is 9.13 Å². The Morgan fingerprint density at radius 3 is 2.47 bits per heavy atom. The number of aromatic nitrogens is 4. The van der Waals surface area contributed by atoms with E-state index in [1.807, 2.05) is 54.6 Å². The minimum atomic E-state index is -0.158. The number of anilines is 1. The van der Waals surface area contributed by atoms with Gasteiger partial charge in [-0.25, -0.2) is 14.8 Å². The van der Waals surface area contributed by atoms with Gasteiger partial charge in [-0.15, -0.1) is 0 Å². The van der Waals surface area contributed by atoms with Gasteiger partial charge in [0.2, 0.25) is 0 Å². The van der Waals surface area contributed by atoms with Crippen LogP contribution in [0.5, 0.6) is 11.5 Å². The molecule has 2 aromatic carbocycles. The second-order valence-corrected chi connectivity index (χ2v) is 7.53. The first-order chi connectivity index (χ1) is 14.6. The Labute approximate surface area is 173 Å². The lowest BCUT2D eigenvalue weighted by Gasteiger charge is -2.11. The third-order valence-corrected chi connectivity index (χ3v) is 5.49. The molecule has 0 saturated carbocycles. The van der Waals surface area contributed by atoms with Gasteiger partial charge in [0.25, 0.3) is 0 Å². The average Bonchev–Trinajstić information content (AvgIpc) is 3.30. The van der Waals surface area contributed by atoms with Gasteiger partial charge in [0.05, 0.1) is 11.7 Å². The monoisotopic (exact) mass is 402 g/mol. The standard InChI is InChI=1S/C22H22N6O2/c1-26-12-11-16(13-26)28-21-19(20(23)24-14-25-21)27(22(28)29)15-7-9-18(10-8-15)30-17-5-3-2-4-6-17/h2-10,14,16H,11-13H2,1H3,(H2,23,24,25)/t16-/m1/s1. The van der Waals surface area contributed by atoms with E-state index >= 15 is 0 Å². The largest absolute Gasteiger partial charge is 0.457 e. The summed E-state index contributed by atoms with van der Waals surface area (Å²) >= 11 is 0. The first-order valence-corrected chi connectivity index (χ1v) is 9.87. The van der Waals surface area contributed by atoms with Crippen LogP contribution in [-0.4, -0.2) is 44.1 Å². The first kappa shape index (κ1) is 18.4. The summed E-state index contributed by atoms with van der Waals surface area (Å²) in [7, 11) is 2.05. The van der Waals surface area contributed by atoms with Crippen molar-refractivity contribution in [2.45, 2.75) is 12.5 Å². The van der Waals surface area contributed by atoms with Crippen molar-refractivity contribution in [3.8, 4) is 17.2 Å². The van der Waals surface area contributed by atoms with Crippen LogP contribution in [0.1, 0.15) is 12.5 Å². The predicted octanol–water partition coefficient (Wildman–Crippen LogP) is 2.83. The van der Waals surface area contributed by atoms with E-state index in [-0.39, 0.29) is 17.5 Å². The molecule has 0 aliphatic carbocycles. The maximum absolute atomic E-state index is 13.5. The van der Waals surface area contributed by atoms with Crippen LogP contribution in [0.15, 0.2) is 65.7 Å². The highest BCUT2D eigenvalue weighted by atomic mass is 16.5. The zero-order valence-electron chi connectivity index (χ0n) is 16.6. The lowest BCUT2D eigenvalue weighted by Crippen LogP contribution is -2.28. The van der Waals surface area contributed by atoms with Crippen molar-refractivity contribution in [3.05, 3.63) is 71.4 Å². The maximum Gasteiger partial charge on any atom is 0.335 e. The summed E-state index contributed by atoms with van der Waals surface area (Å²) < 4.78 is 9.21. The van der Waals surface area contributed by atoms with Crippen molar-refractivity contribution in [1.82, 2.24) is 24.0 Å². The summed E-state index contributed by atoms with van der Waals surface area (Å²) in [6, 6.07) is 17.0. The molecule has 2 aromatic heterocycles. The second kappa shape index (κ2) is 7.31. The number of likely N-dealkylation sites (N-methyl/N-ethyl adjacent to an activating group) is 1. The number of ether oxygens (including phenoxy) is 1. The number of rotatable bonds is 4. The lowest BCUT2D eigenvalue weighted by atomic mass is 10.2. The maximum atomic E-state index is 13.5. The molecule has 0 amide bonds. The molecule has 0 radical (unpaired) electrons. The van der Waals surface area contributed by atoms with Gasteiger partial charge in [0.1, 0.15) is 23.3 Å². The molecule has 0 unspecified atom stereocenters. The van der Waals surface area contributed by atoms with Crippen molar-refractivity contribution in [2.75, 3.05) is 25.9 Å². The van der Waals surface area contributed by atoms with Gasteiger partial charge in [-0.05, 0) is 56.4 Å². The van der Waals surface area contributed by atoms with Crippen LogP contribution >= 0.6 is 0 Å². The van der Waals surface area contributed by atoms with Gasteiger partial charge in [0, 0.05) is 6.54 Å². The zero-order chi connectivity index (χ0) is 20.7. The van der Waals surface area contributed by atoms with Gasteiger partial charge in [0.15, 0.2) is 11.5 Å². The molecule has 3 heterocycles. The third kappa shape index (κ3) is 3.11. The van der Waals surface area contributed by atoms with Crippen LogP contribution in [0.3, 0.4) is 0 Å². The Bertz CT molecular complexity index is 1250. The molecule has 30 heavy (non-hydrogen) atoms. The average molecular weight is 402 g/mol. The van der Waals surface area contributed by atoms with Crippen molar-refractivity contribution in [1.29, 1.82) is 0 Å². The molecular weight excluding hydrogens is 380 g/mol. The molecule has 1 aliphatic rings. The predicted molar refractivity (Wildman–Crippen MR) is 115 cm³/mol. The first-order valence-electron chi connectivity index (χ1n) is 9.87. The summed E-state index contributed by atoms with van der Waals surface area (Å²) in [5, 5.41) is 0. The Kier molecular flexibility index (Phi) is 4.48. The molecule has 4 aromatic rings. The van der Waals surface area contributed by atoms with Crippen LogP contribution in [0.2, 0.25) is 0 Å². The van der Waals surface area contributed by atoms with E-state index in [2.05, 4.69) is 21.9 Å².